The van der Waals surface area contributed by atoms with Gasteiger partial charge in [-0.3, -0.25) is 0 Å². The maximum atomic E-state index is 10.7. The topological polar surface area (TPSA) is 80.3 Å². The molecule has 145 valence electrons. The molecule has 25 heavy (non-hydrogen) atoms. The molecule has 2 aliphatic carbocycles. The molecule has 0 spiro atoms. The van der Waals surface area contributed by atoms with Crippen LogP contribution in [0.2, 0.25) is 0 Å². The molecule has 2 saturated carbocycles. The summed E-state index contributed by atoms with van der Waals surface area (Å²) in [4.78, 5) is 21.4. The Morgan fingerprint density at radius 2 is 1.00 bits per heavy atom. The third-order valence-electron chi connectivity index (χ3n) is 5.92. The molecule has 0 amide bonds. The zero-order chi connectivity index (χ0) is 17.9. The van der Waals surface area contributed by atoms with Gasteiger partial charge in [0.25, 0.3) is 0 Å². The molecule has 0 aromatic rings. The molecular weight excluding hydrogens is 359 g/mol. The number of rotatable bonds is 6. The predicted molar refractivity (Wildman–Crippen MR) is 90.7 cm³/mol. The molecule has 2 fully saturated rings. The van der Waals surface area contributed by atoms with E-state index in [2.05, 4.69) is 0 Å². The Labute approximate surface area is 163 Å². The van der Waals surface area contributed by atoms with Crippen LogP contribution in [0.1, 0.15) is 90.9 Å². The van der Waals surface area contributed by atoms with Crippen molar-refractivity contribution in [1.29, 1.82) is 0 Å². The summed E-state index contributed by atoms with van der Waals surface area (Å²) in [5, 5.41) is 21.4. The molecule has 0 aliphatic heterocycles. The first-order valence-corrected chi connectivity index (χ1v) is 9.92. The second-order valence-electron chi connectivity index (χ2n) is 7.46. The smallest absolute Gasteiger partial charge is 0.550 e. The van der Waals surface area contributed by atoms with Crippen LogP contribution in [0.3, 0.4) is 0 Å². The number of carbonyl (C=O) groups is 2. The fraction of sp³-hybridized carbons (Fsp3) is 0.900. The van der Waals surface area contributed by atoms with Crippen molar-refractivity contribution >= 4 is 11.9 Å². The third-order valence-corrected chi connectivity index (χ3v) is 5.92. The van der Waals surface area contributed by atoms with Crippen LogP contribution in [-0.2, 0) is 26.7 Å². The van der Waals surface area contributed by atoms with Crippen molar-refractivity contribution in [1.82, 2.24) is 0 Å². The Hall–Kier alpha value is -0.541. The summed E-state index contributed by atoms with van der Waals surface area (Å²) in [5.41, 5.74) is 0. The largest absolute Gasteiger partial charge is 2.00 e. The number of aliphatic carboxylic acids is 2. The summed E-state index contributed by atoms with van der Waals surface area (Å²) in [6.07, 6.45) is 13.2. The van der Waals surface area contributed by atoms with Gasteiger partial charge in [0.15, 0.2) is 0 Å². The summed E-state index contributed by atoms with van der Waals surface area (Å²) in [6.45, 7) is 3.88. The zero-order valence-electron chi connectivity index (χ0n) is 15.8. The molecule has 0 aromatic carbocycles. The Kier molecular flexibility index (Phi) is 13.3. The normalized spacial score (nSPS) is 21.2. The molecule has 0 aromatic heterocycles. The zero-order valence-corrected chi connectivity index (χ0v) is 17.0. The SMILES string of the molecule is CCC(C(=O)[O-])C1CCCCC1.CCC(C(=O)[O-])C1CCCCC1.[Mn+2]. The van der Waals surface area contributed by atoms with Gasteiger partial charge in [-0.15, -0.1) is 0 Å². The summed E-state index contributed by atoms with van der Waals surface area (Å²) < 4.78 is 0. The second kappa shape index (κ2) is 13.6. The van der Waals surface area contributed by atoms with Gasteiger partial charge in [-0.05, 0) is 50.4 Å². The number of hydrogen-bond acceptors (Lipinski definition) is 4. The average Bonchev–Trinajstić information content (AvgIpc) is 2.58. The van der Waals surface area contributed by atoms with Crippen molar-refractivity contribution in [2.75, 3.05) is 0 Å². The van der Waals surface area contributed by atoms with Gasteiger partial charge in [-0.1, -0.05) is 52.4 Å². The van der Waals surface area contributed by atoms with Crippen LogP contribution in [0.4, 0.5) is 0 Å². The molecule has 2 unspecified atom stereocenters. The van der Waals surface area contributed by atoms with E-state index in [9.17, 15) is 19.8 Å². The van der Waals surface area contributed by atoms with E-state index in [0.717, 1.165) is 38.5 Å². The molecule has 1 radical (unpaired) electrons. The maximum Gasteiger partial charge on any atom is 2.00 e. The molecule has 2 atom stereocenters. The van der Waals surface area contributed by atoms with Crippen molar-refractivity contribution in [2.45, 2.75) is 90.9 Å². The van der Waals surface area contributed by atoms with E-state index in [0.29, 0.717) is 11.8 Å². The van der Waals surface area contributed by atoms with Crippen molar-refractivity contribution in [3.63, 3.8) is 0 Å². The van der Waals surface area contributed by atoms with Gasteiger partial charge in [0, 0.05) is 23.8 Å². The van der Waals surface area contributed by atoms with Crippen LogP contribution in [0.25, 0.3) is 0 Å². The monoisotopic (exact) mass is 393 g/mol. The van der Waals surface area contributed by atoms with E-state index in [-0.39, 0.29) is 28.9 Å². The number of carbonyl (C=O) groups excluding carboxylic acids is 2. The van der Waals surface area contributed by atoms with Crippen molar-refractivity contribution in [2.24, 2.45) is 23.7 Å². The molecule has 2 aliphatic rings. The standard InChI is InChI=1S/2C10H18O2.Mn/c2*1-2-9(10(11)12)8-6-4-3-5-7-8;/h2*8-9H,2-7H2,1H3,(H,11,12);/q;;+2/p-2. The first kappa shape index (κ1) is 24.5. The van der Waals surface area contributed by atoms with E-state index in [4.69, 9.17) is 0 Å². The van der Waals surface area contributed by atoms with Gasteiger partial charge in [-0.25, -0.2) is 0 Å². The fourth-order valence-corrected chi connectivity index (χ4v) is 4.46. The molecule has 5 heteroatoms. The third kappa shape index (κ3) is 8.59. The van der Waals surface area contributed by atoms with Crippen LogP contribution in [0.15, 0.2) is 0 Å². The van der Waals surface area contributed by atoms with E-state index in [1.807, 2.05) is 13.8 Å². The fourth-order valence-electron chi connectivity index (χ4n) is 4.46. The number of carboxylic acids is 2. The first-order valence-electron chi connectivity index (χ1n) is 9.92. The van der Waals surface area contributed by atoms with Crippen LogP contribution in [0.5, 0.6) is 0 Å². The minimum absolute atomic E-state index is 0. The molecule has 4 nitrogen and oxygen atoms in total. The average molecular weight is 393 g/mol. The van der Waals surface area contributed by atoms with E-state index < -0.39 is 11.9 Å². The van der Waals surface area contributed by atoms with Gasteiger partial charge >= 0.3 is 17.1 Å². The second-order valence-corrected chi connectivity index (χ2v) is 7.46. The molecule has 0 N–H and O–H groups in total. The van der Waals surface area contributed by atoms with Crippen molar-refractivity contribution in [3.05, 3.63) is 0 Å². The Balaban J connectivity index is 0.000000443. The Morgan fingerprint density at radius 3 is 1.20 bits per heavy atom. The van der Waals surface area contributed by atoms with Crippen molar-refractivity contribution < 1.29 is 36.9 Å². The van der Waals surface area contributed by atoms with Gasteiger partial charge in [0.1, 0.15) is 0 Å². The van der Waals surface area contributed by atoms with Crippen LogP contribution < -0.4 is 10.2 Å². The Morgan fingerprint density at radius 1 is 0.720 bits per heavy atom. The van der Waals surface area contributed by atoms with Crippen molar-refractivity contribution in [3.8, 4) is 0 Å². The van der Waals surface area contributed by atoms with Gasteiger partial charge in [-0.2, -0.15) is 0 Å². The van der Waals surface area contributed by atoms with E-state index in [1.54, 1.807) is 0 Å². The summed E-state index contributed by atoms with van der Waals surface area (Å²) in [7, 11) is 0. The molecule has 0 bridgehead atoms. The molecular formula is C20H34MnO4. The molecule has 0 heterocycles. The summed E-state index contributed by atoms with van der Waals surface area (Å²) >= 11 is 0. The van der Waals surface area contributed by atoms with Crippen LogP contribution in [-0.4, -0.2) is 11.9 Å². The first-order chi connectivity index (χ1) is 11.5. The van der Waals surface area contributed by atoms with Gasteiger partial charge in [0.05, 0.1) is 0 Å². The van der Waals surface area contributed by atoms with Crippen LogP contribution >= 0.6 is 0 Å². The van der Waals surface area contributed by atoms with Gasteiger partial charge < -0.3 is 19.8 Å². The minimum Gasteiger partial charge on any atom is -0.550 e. The summed E-state index contributed by atoms with van der Waals surface area (Å²) in [6, 6.07) is 0. The number of carboxylic acid groups (broad SMARTS) is 2. The molecule has 0 saturated heterocycles. The van der Waals surface area contributed by atoms with E-state index in [1.165, 1.54) is 38.5 Å². The predicted octanol–water partition coefficient (Wildman–Crippen LogP) is 2.68. The quantitative estimate of drug-likeness (QED) is 0.650. The Bertz CT molecular complexity index is 338. The minimum atomic E-state index is -0.843. The number of hydrogen-bond donors (Lipinski definition) is 0. The van der Waals surface area contributed by atoms with Crippen LogP contribution in [0, 0.1) is 23.7 Å². The van der Waals surface area contributed by atoms with Gasteiger partial charge in [0.2, 0.25) is 0 Å². The maximum absolute atomic E-state index is 10.7. The molecule has 2 rings (SSSR count). The summed E-state index contributed by atoms with van der Waals surface area (Å²) in [5.74, 6) is -1.27. The van der Waals surface area contributed by atoms with E-state index >= 15 is 0 Å².